The monoisotopic (exact) mass is 478 g/mol. The maximum atomic E-state index is 10.9. The normalized spacial score (nSPS) is 34.8. The summed E-state index contributed by atoms with van der Waals surface area (Å²) in [6, 6.07) is 0. The van der Waals surface area contributed by atoms with E-state index in [9.17, 15) is 29.8 Å². The molecule has 10 nitrogen and oxygen atoms in total. The summed E-state index contributed by atoms with van der Waals surface area (Å²) in [5, 5.41) is 39.3. The van der Waals surface area contributed by atoms with Crippen molar-refractivity contribution in [1.82, 2.24) is 0 Å². The van der Waals surface area contributed by atoms with Crippen LogP contribution in [0.15, 0.2) is 23.3 Å². The van der Waals surface area contributed by atoms with Crippen molar-refractivity contribution < 1.29 is 29.6 Å². The molecule has 0 unspecified atom stereocenters. The minimum absolute atomic E-state index is 0.0807. The number of carboxylic acids is 2. The highest BCUT2D eigenvalue weighted by molar-refractivity contribution is 5.68. The second-order valence-corrected chi connectivity index (χ2v) is 10.6. The molecule has 0 aromatic heterocycles. The average molecular weight is 479 g/mol. The summed E-state index contributed by atoms with van der Waals surface area (Å²) in [6.45, 7) is 3.72. The fraction of sp³-hybridized carbons (Fsp3) is 0.750. The summed E-state index contributed by atoms with van der Waals surface area (Å²) in [5.41, 5.74) is 1.40. The average Bonchev–Trinajstić information content (AvgIpc) is 3.24. The van der Waals surface area contributed by atoms with Crippen molar-refractivity contribution in [3.8, 4) is 0 Å². The van der Waals surface area contributed by atoms with E-state index in [4.69, 9.17) is 10.2 Å². The molecule has 0 spiro atoms. The van der Waals surface area contributed by atoms with E-state index >= 15 is 0 Å². The number of carboxylic acid groups (broad SMARTS) is 2. The van der Waals surface area contributed by atoms with Crippen LogP contribution in [0, 0.1) is 54.7 Å². The van der Waals surface area contributed by atoms with Crippen LogP contribution in [0.25, 0.3) is 0 Å². The number of rotatable bonds is 10. The molecule has 0 radical (unpaired) electrons. The summed E-state index contributed by atoms with van der Waals surface area (Å²) < 4.78 is 0. The van der Waals surface area contributed by atoms with Crippen LogP contribution in [-0.4, -0.2) is 45.1 Å². The highest BCUT2D eigenvalue weighted by Crippen LogP contribution is 2.61. The van der Waals surface area contributed by atoms with Crippen LogP contribution >= 0.6 is 0 Å². The Hall–Kier alpha value is -2.78. The first-order valence-electron chi connectivity index (χ1n) is 12.0. The molecule has 0 saturated heterocycles. The van der Waals surface area contributed by atoms with E-state index in [0.717, 1.165) is 25.7 Å². The van der Waals surface area contributed by atoms with Gasteiger partial charge in [0, 0.05) is 9.85 Å². The van der Waals surface area contributed by atoms with Gasteiger partial charge in [0.15, 0.2) is 0 Å². The standard InChI is InChI=1S/2C12H17NO4/c2*1-2-8-3-9-5-12(6-11(14)15,7-13(16)17)10(9)4-8/h2*4,9-10H,2-3,5-7H2,1H3,(H,14,15)/t2*9-,10-,12-/m11/s1. The molecule has 0 amide bonds. The second kappa shape index (κ2) is 9.84. The third-order valence-electron chi connectivity index (χ3n) is 8.45. The highest BCUT2D eigenvalue weighted by Gasteiger charge is 2.59. The molecule has 0 aromatic rings. The Kier molecular flexibility index (Phi) is 7.47. The minimum Gasteiger partial charge on any atom is -0.481 e. The molecule has 0 aliphatic heterocycles. The summed E-state index contributed by atoms with van der Waals surface area (Å²) >= 11 is 0. The van der Waals surface area contributed by atoms with Crippen molar-refractivity contribution in [2.24, 2.45) is 34.5 Å². The first-order valence-corrected chi connectivity index (χ1v) is 12.0. The fourth-order valence-corrected chi connectivity index (χ4v) is 7.06. The van der Waals surface area contributed by atoms with Gasteiger partial charge in [-0.05, 0) is 62.2 Å². The fourth-order valence-electron chi connectivity index (χ4n) is 7.06. The van der Waals surface area contributed by atoms with Gasteiger partial charge in [-0.1, -0.05) is 37.1 Å². The predicted molar refractivity (Wildman–Crippen MR) is 122 cm³/mol. The molecule has 2 saturated carbocycles. The van der Waals surface area contributed by atoms with E-state index in [-0.39, 0.29) is 47.6 Å². The number of hydrogen-bond acceptors (Lipinski definition) is 6. The third-order valence-corrected chi connectivity index (χ3v) is 8.45. The molecular formula is C24H34N2O8. The van der Waals surface area contributed by atoms with Crippen molar-refractivity contribution in [2.75, 3.05) is 13.1 Å². The lowest BCUT2D eigenvalue weighted by Gasteiger charge is -2.48. The molecule has 2 N–H and O–H groups in total. The Labute approximate surface area is 198 Å². The van der Waals surface area contributed by atoms with Gasteiger partial charge in [0.1, 0.15) is 0 Å². The molecule has 4 aliphatic rings. The number of nitrogens with zero attached hydrogens (tertiary/aromatic N) is 2. The molecule has 0 aromatic carbocycles. The molecule has 2 fully saturated rings. The van der Waals surface area contributed by atoms with E-state index in [1.54, 1.807) is 0 Å². The SMILES string of the molecule is CCC1=C[C@@H]2[C@H](C1)C[C@@]2(CC(=O)O)C[N+](=O)[O-].CCC1=C[C@@H]2[C@H](C1)C[C@@]2(CC(=O)O)C[N+](=O)[O-]. The Morgan fingerprint density at radius 2 is 1.21 bits per heavy atom. The molecule has 188 valence electrons. The van der Waals surface area contributed by atoms with Gasteiger partial charge in [-0.25, -0.2) is 0 Å². The van der Waals surface area contributed by atoms with Crippen LogP contribution in [0.5, 0.6) is 0 Å². The zero-order valence-electron chi connectivity index (χ0n) is 19.8. The third kappa shape index (κ3) is 5.15. The van der Waals surface area contributed by atoms with Crippen molar-refractivity contribution in [2.45, 2.75) is 65.2 Å². The summed E-state index contributed by atoms with van der Waals surface area (Å²) in [7, 11) is 0. The van der Waals surface area contributed by atoms with Gasteiger partial charge in [0.2, 0.25) is 13.1 Å². The number of nitro groups is 2. The lowest BCUT2D eigenvalue weighted by molar-refractivity contribution is -0.506. The van der Waals surface area contributed by atoms with E-state index in [2.05, 4.69) is 26.0 Å². The second-order valence-electron chi connectivity index (χ2n) is 10.6. The molecule has 10 heteroatoms. The van der Waals surface area contributed by atoms with Crippen LogP contribution < -0.4 is 0 Å². The van der Waals surface area contributed by atoms with Crippen LogP contribution in [-0.2, 0) is 9.59 Å². The summed E-state index contributed by atoms with van der Waals surface area (Å²) in [6.07, 6.45) is 9.34. The number of hydrogen-bond donors (Lipinski definition) is 2. The lowest BCUT2D eigenvalue weighted by Crippen LogP contribution is -2.50. The summed E-state index contributed by atoms with van der Waals surface area (Å²) in [4.78, 5) is 42.5. The zero-order valence-corrected chi connectivity index (χ0v) is 19.8. The van der Waals surface area contributed by atoms with Gasteiger partial charge in [-0.2, -0.15) is 0 Å². The highest BCUT2D eigenvalue weighted by atomic mass is 16.6. The number of aliphatic carboxylic acids is 2. The van der Waals surface area contributed by atoms with Crippen molar-refractivity contribution in [1.29, 1.82) is 0 Å². The van der Waals surface area contributed by atoms with Gasteiger partial charge in [-0.15, -0.1) is 0 Å². The maximum absolute atomic E-state index is 10.9. The van der Waals surface area contributed by atoms with E-state index in [0.29, 0.717) is 24.7 Å². The van der Waals surface area contributed by atoms with Crippen LogP contribution in [0.1, 0.15) is 65.2 Å². The number of allylic oxidation sites excluding steroid dienone is 4. The van der Waals surface area contributed by atoms with Crippen molar-refractivity contribution in [3.05, 3.63) is 43.5 Å². The lowest BCUT2D eigenvalue weighted by atomic mass is 9.53. The largest absolute Gasteiger partial charge is 0.481 e. The van der Waals surface area contributed by atoms with Gasteiger partial charge >= 0.3 is 11.9 Å². The zero-order chi connectivity index (χ0) is 25.3. The molecule has 0 bridgehead atoms. The van der Waals surface area contributed by atoms with E-state index in [1.807, 2.05) is 0 Å². The summed E-state index contributed by atoms with van der Waals surface area (Å²) in [5.74, 6) is -0.737. The molecule has 4 aliphatic carbocycles. The van der Waals surface area contributed by atoms with Crippen molar-refractivity contribution >= 4 is 11.9 Å². The molecular weight excluding hydrogens is 444 g/mol. The van der Waals surface area contributed by atoms with Gasteiger partial charge in [0.25, 0.3) is 0 Å². The first-order chi connectivity index (χ1) is 15.9. The van der Waals surface area contributed by atoms with E-state index < -0.39 is 22.8 Å². The predicted octanol–water partition coefficient (Wildman–Crippen LogP) is 4.20. The maximum Gasteiger partial charge on any atom is 0.304 e. The van der Waals surface area contributed by atoms with Gasteiger partial charge < -0.3 is 10.2 Å². The van der Waals surface area contributed by atoms with Crippen LogP contribution in [0.2, 0.25) is 0 Å². The topological polar surface area (TPSA) is 161 Å². The smallest absolute Gasteiger partial charge is 0.304 e. The minimum atomic E-state index is -0.927. The molecule has 6 atom stereocenters. The van der Waals surface area contributed by atoms with E-state index in [1.165, 1.54) is 11.1 Å². The Balaban J connectivity index is 0.000000191. The van der Waals surface area contributed by atoms with Crippen molar-refractivity contribution in [3.63, 3.8) is 0 Å². The van der Waals surface area contributed by atoms with Crippen LogP contribution in [0.3, 0.4) is 0 Å². The molecule has 4 rings (SSSR count). The van der Waals surface area contributed by atoms with Gasteiger partial charge in [-0.3, -0.25) is 29.8 Å². The Bertz CT molecular complexity index is 818. The van der Waals surface area contributed by atoms with Gasteiger partial charge in [0.05, 0.1) is 23.7 Å². The molecule has 0 heterocycles. The Morgan fingerprint density at radius 1 is 0.853 bits per heavy atom. The Morgan fingerprint density at radius 3 is 1.47 bits per heavy atom. The number of carbonyl (C=O) groups is 2. The van der Waals surface area contributed by atoms with Crippen LogP contribution in [0.4, 0.5) is 0 Å². The molecule has 34 heavy (non-hydrogen) atoms. The quantitative estimate of drug-likeness (QED) is 0.268. The first kappa shape index (κ1) is 25.8. The number of fused-ring (bicyclic) bond motifs is 2.